The average molecular weight is 266 g/mol. The van der Waals surface area contributed by atoms with Crippen LogP contribution in [0.5, 0.6) is 0 Å². The molecule has 0 aromatic carbocycles. The lowest BCUT2D eigenvalue weighted by Gasteiger charge is -2.35. The lowest BCUT2D eigenvalue weighted by Crippen LogP contribution is -2.57. The number of nitrogens with one attached hydrogen (secondary N) is 1. The molecule has 1 atom stereocenters. The smallest absolute Gasteiger partial charge is 0.248 e. The monoisotopic (exact) mass is 266 g/mol. The van der Waals surface area contributed by atoms with Crippen LogP contribution in [0.4, 0.5) is 0 Å². The predicted octanol–water partition coefficient (Wildman–Crippen LogP) is 2.08. The second kappa shape index (κ2) is 5.51. The van der Waals surface area contributed by atoms with Gasteiger partial charge < -0.3 is 10.2 Å². The summed E-state index contributed by atoms with van der Waals surface area (Å²) >= 11 is 0. The third-order valence-corrected chi connectivity index (χ3v) is 4.74. The van der Waals surface area contributed by atoms with Crippen molar-refractivity contribution in [2.45, 2.75) is 70.9 Å². The van der Waals surface area contributed by atoms with E-state index in [-0.39, 0.29) is 17.9 Å². The fraction of sp³-hybridized carbons (Fsp3) is 0.867. The number of carbonyl (C=O) groups is 2. The first kappa shape index (κ1) is 14.4. The van der Waals surface area contributed by atoms with E-state index in [1.54, 1.807) is 0 Å². The molecule has 4 nitrogen and oxygen atoms in total. The van der Waals surface area contributed by atoms with Gasteiger partial charge >= 0.3 is 0 Å². The van der Waals surface area contributed by atoms with Crippen molar-refractivity contribution in [3.63, 3.8) is 0 Å². The van der Waals surface area contributed by atoms with Crippen LogP contribution in [0.25, 0.3) is 0 Å². The van der Waals surface area contributed by atoms with Gasteiger partial charge in [-0.05, 0) is 32.1 Å². The van der Waals surface area contributed by atoms with Crippen LogP contribution in [0.1, 0.15) is 59.3 Å². The topological polar surface area (TPSA) is 49.4 Å². The Morgan fingerprint density at radius 1 is 1.26 bits per heavy atom. The van der Waals surface area contributed by atoms with Gasteiger partial charge in [-0.1, -0.05) is 26.7 Å². The molecule has 2 aliphatic rings. The molecule has 1 aliphatic heterocycles. The molecule has 0 aromatic rings. The van der Waals surface area contributed by atoms with E-state index in [2.05, 4.69) is 5.32 Å². The zero-order valence-electron chi connectivity index (χ0n) is 12.4. The molecule has 1 saturated heterocycles. The number of rotatable bonds is 5. The van der Waals surface area contributed by atoms with Gasteiger partial charge in [0.05, 0.1) is 0 Å². The first-order valence-corrected chi connectivity index (χ1v) is 7.64. The zero-order valence-corrected chi connectivity index (χ0v) is 12.4. The highest BCUT2D eigenvalue weighted by Gasteiger charge is 2.44. The van der Waals surface area contributed by atoms with Crippen LogP contribution in [-0.4, -0.2) is 34.8 Å². The van der Waals surface area contributed by atoms with Gasteiger partial charge in [0.2, 0.25) is 11.8 Å². The van der Waals surface area contributed by atoms with Gasteiger partial charge in [-0.25, -0.2) is 0 Å². The van der Waals surface area contributed by atoms with Gasteiger partial charge in [0.15, 0.2) is 0 Å². The van der Waals surface area contributed by atoms with Crippen LogP contribution >= 0.6 is 0 Å². The molecule has 1 saturated carbocycles. The summed E-state index contributed by atoms with van der Waals surface area (Å²) in [5, 5.41) is 2.98. The molecular formula is C15H26N2O2. The molecule has 1 aliphatic carbocycles. The molecule has 19 heavy (non-hydrogen) atoms. The maximum Gasteiger partial charge on any atom is 0.248 e. The van der Waals surface area contributed by atoms with Crippen molar-refractivity contribution < 1.29 is 9.59 Å². The SMILES string of the molecule is CCC1(CC)NC(=O)CC(C)N(CCC2CC2)C1=O. The highest BCUT2D eigenvalue weighted by molar-refractivity contribution is 5.93. The van der Waals surface area contributed by atoms with Crippen molar-refractivity contribution in [3.05, 3.63) is 0 Å². The largest absolute Gasteiger partial charge is 0.342 e. The van der Waals surface area contributed by atoms with E-state index in [0.29, 0.717) is 19.3 Å². The number of hydrogen-bond acceptors (Lipinski definition) is 2. The first-order valence-electron chi connectivity index (χ1n) is 7.64. The van der Waals surface area contributed by atoms with E-state index in [9.17, 15) is 9.59 Å². The third kappa shape index (κ3) is 2.93. The Morgan fingerprint density at radius 3 is 2.42 bits per heavy atom. The van der Waals surface area contributed by atoms with E-state index in [4.69, 9.17) is 0 Å². The Bertz CT molecular complexity index is 359. The highest BCUT2D eigenvalue weighted by Crippen LogP contribution is 2.33. The number of nitrogens with zero attached hydrogens (tertiary/aromatic N) is 1. The minimum Gasteiger partial charge on any atom is -0.342 e. The van der Waals surface area contributed by atoms with Crippen molar-refractivity contribution in [2.75, 3.05) is 6.54 Å². The second-order valence-electron chi connectivity index (χ2n) is 6.12. The molecule has 0 radical (unpaired) electrons. The summed E-state index contributed by atoms with van der Waals surface area (Å²) in [6.07, 6.45) is 5.47. The van der Waals surface area contributed by atoms with Crippen molar-refractivity contribution >= 4 is 11.8 Å². The maximum atomic E-state index is 12.8. The molecule has 0 aromatic heterocycles. The lowest BCUT2D eigenvalue weighted by atomic mass is 9.91. The highest BCUT2D eigenvalue weighted by atomic mass is 16.2. The van der Waals surface area contributed by atoms with Crippen molar-refractivity contribution in [1.82, 2.24) is 10.2 Å². The van der Waals surface area contributed by atoms with Crippen LogP contribution in [-0.2, 0) is 9.59 Å². The fourth-order valence-electron chi connectivity index (χ4n) is 3.00. The van der Waals surface area contributed by atoms with Crippen LogP contribution in [0, 0.1) is 5.92 Å². The molecule has 0 spiro atoms. The van der Waals surface area contributed by atoms with Crippen LogP contribution in [0.2, 0.25) is 0 Å². The number of amides is 2. The van der Waals surface area contributed by atoms with E-state index in [0.717, 1.165) is 18.9 Å². The molecule has 1 unspecified atom stereocenters. The summed E-state index contributed by atoms with van der Waals surface area (Å²) in [5.41, 5.74) is -0.675. The predicted molar refractivity (Wildman–Crippen MR) is 74.6 cm³/mol. The van der Waals surface area contributed by atoms with E-state index in [1.165, 1.54) is 12.8 Å². The van der Waals surface area contributed by atoms with E-state index in [1.807, 2.05) is 25.7 Å². The van der Waals surface area contributed by atoms with E-state index < -0.39 is 5.54 Å². The summed E-state index contributed by atoms with van der Waals surface area (Å²) in [5.74, 6) is 0.944. The Morgan fingerprint density at radius 2 is 1.89 bits per heavy atom. The first-order chi connectivity index (χ1) is 9.02. The summed E-state index contributed by atoms with van der Waals surface area (Å²) in [7, 11) is 0. The van der Waals surface area contributed by atoms with Gasteiger partial charge in [0.25, 0.3) is 0 Å². The van der Waals surface area contributed by atoms with Crippen LogP contribution in [0.3, 0.4) is 0 Å². The number of hydrogen-bond donors (Lipinski definition) is 1. The van der Waals surface area contributed by atoms with Crippen molar-refractivity contribution in [3.8, 4) is 0 Å². The summed E-state index contributed by atoms with van der Waals surface area (Å²) in [6, 6.07) is 0.0197. The third-order valence-electron chi connectivity index (χ3n) is 4.74. The minimum atomic E-state index is -0.675. The quantitative estimate of drug-likeness (QED) is 0.828. The Hall–Kier alpha value is -1.06. The molecule has 1 N–H and O–H groups in total. The Labute approximate surface area is 115 Å². The molecule has 4 heteroatoms. The molecule has 0 bridgehead atoms. The lowest BCUT2D eigenvalue weighted by molar-refractivity contribution is -0.140. The van der Waals surface area contributed by atoms with Gasteiger partial charge in [-0.15, -0.1) is 0 Å². The normalized spacial score (nSPS) is 27.1. The summed E-state index contributed by atoms with van der Waals surface area (Å²) in [4.78, 5) is 26.8. The van der Waals surface area contributed by atoms with Gasteiger partial charge in [0, 0.05) is 19.0 Å². The molecule has 2 rings (SSSR count). The fourth-order valence-corrected chi connectivity index (χ4v) is 3.00. The summed E-state index contributed by atoms with van der Waals surface area (Å²) in [6.45, 7) is 6.76. The van der Waals surface area contributed by atoms with Gasteiger partial charge in [0.1, 0.15) is 5.54 Å². The van der Waals surface area contributed by atoms with E-state index >= 15 is 0 Å². The van der Waals surface area contributed by atoms with Crippen LogP contribution < -0.4 is 5.32 Å². The maximum absolute atomic E-state index is 12.8. The standard InChI is InChI=1S/C15H26N2O2/c1-4-15(5-2)14(19)17(9-8-12-6-7-12)11(3)10-13(18)16-15/h11-12H,4-10H2,1-3H3,(H,16,18). The average Bonchev–Trinajstić information content (AvgIpc) is 3.19. The van der Waals surface area contributed by atoms with Crippen molar-refractivity contribution in [2.24, 2.45) is 5.92 Å². The Kier molecular flexibility index (Phi) is 4.16. The van der Waals surface area contributed by atoms with Crippen molar-refractivity contribution in [1.29, 1.82) is 0 Å². The van der Waals surface area contributed by atoms with Crippen LogP contribution in [0.15, 0.2) is 0 Å². The second-order valence-corrected chi connectivity index (χ2v) is 6.12. The molecule has 2 fully saturated rings. The molecule has 1 heterocycles. The summed E-state index contributed by atoms with van der Waals surface area (Å²) < 4.78 is 0. The van der Waals surface area contributed by atoms with Gasteiger partial charge in [-0.3, -0.25) is 9.59 Å². The minimum absolute atomic E-state index is 0.0125. The number of carbonyl (C=O) groups excluding carboxylic acids is 2. The molecular weight excluding hydrogens is 240 g/mol. The zero-order chi connectivity index (χ0) is 14.0. The molecule has 2 amide bonds. The van der Waals surface area contributed by atoms with Gasteiger partial charge in [-0.2, -0.15) is 0 Å². The molecule has 108 valence electrons. The Balaban J connectivity index is 2.17.